The number of rotatable bonds is 2. The number of imidazole rings is 1. The Hall–Kier alpha value is -1.61. The van der Waals surface area contributed by atoms with Gasteiger partial charge in [0, 0.05) is 5.56 Å². The lowest BCUT2D eigenvalue weighted by Gasteiger charge is -1.98. The van der Waals surface area contributed by atoms with Crippen LogP contribution < -0.4 is 0 Å². The van der Waals surface area contributed by atoms with Crippen molar-refractivity contribution in [1.29, 1.82) is 0 Å². The highest BCUT2D eigenvalue weighted by Gasteiger charge is 2.08. The van der Waals surface area contributed by atoms with Crippen molar-refractivity contribution >= 4 is 0 Å². The Morgan fingerprint density at radius 3 is 2.64 bits per heavy atom. The molecule has 2 aromatic rings. The van der Waals surface area contributed by atoms with Crippen molar-refractivity contribution in [2.45, 2.75) is 13.5 Å². The standard InChI is InChI=1S/C11H12N2O/c1-8-12-10(7-14)11(13-8)9-5-3-2-4-6-9/h2-6,14H,7H2,1H3,(H,12,13). The minimum absolute atomic E-state index is 0.00886. The highest BCUT2D eigenvalue weighted by molar-refractivity contribution is 5.61. The molecule has 0 bridgehead atoms. The van der Waals surface area contributed by atoms with Gasteiger partial charge in [-0.15, -0.1) is 0 Å². The predicted molar refractivity (Wildman–Crippen MR) is 54.7 cm³/mol. The maximum absolute atomic E-state index is 9.12. The molecule has 3 nitrogen and oxygen atoms in total. The molecule has 0 radical (unpaired) electrons. The second-order valence-corrected chi connectivity index (χ2v) is 3.17. The van der Waals surface area contributed by atoms with E-state index in [0.717, 1.165) is 22.8 Å². The zero-order valence-electron chi connectivity index (χ0n) is 7.99. The lowest BCUT2D eigenvalue weighted by Crippen LogP contribution is -1.87. The number of aromatic nitrogens is 2. The van der Waals surface area contributed by atoms with Crippen molar-refractivity contribution in [2.75, 3.05) is 0 Å². The van der Waals surface area contributed by atoms with E-state index in [4.69, 9.17) is 5.11 Å². The number of hydrogen-bond donors (Lipinski definition) is 2. The molecule has 0 aliphatic carbocycles. The second kappa shape index (κ2) is 3.64. The van der Waals surface area contributed by atoms with Gasteiger partial charge in [-0.2, -0.15) is 0 Å². The molecule has 1 aromatic heterocycles. The van der Waals surface area contributed by atoms with E-state index in [9.17, 15) is 0 Å². The smallest absolute Gasteiger partial charge is 0.103 e. The van der Waals surface area contributed by atoms with Crippen LogP contribution in [0.3, 0.4) is 0 Å². The third-order valence-corrected chi connectivity index (χ3v) is 2.10. The molecule has 1 aromatic carbocycles. The van der Waals surface area contributed by atoms with Gasteiger partial charge >= 0.3 is 0 Å². The van der Waals surface area contributed by atoms with E-state index >= 15 is 0 Å². The van der Waals surface area contributed by atoms with Crippen LogP contribution in [0, 0.1) is 6.92 Å². The fourth-order valence-electron chi connectivity index (χ4n) is 1.49. The molecule has 0 saturated heterocycles. The number of aliphatic hydroxyl groups excluding tert-OH is 1. The van der Waals surface area contributed by atoms with E-state index in [0.29, 0.717) is 0 Å². The average Bonchev–Trinajstić information content (AvgIpc) is 2.61. The first-order chi connectivity index (χ1) is 6.81. The van der Waals surface area contributed by atoms with Crippen molar-refractivity contribution in [3.05, 3.63) is 41.9 Å². The van der Waals surface area contributed by atoms with Crippen LogP contribution in [0.25, 0.3) is 11.3 Å². The molecule has 72 valence electrons. The number of aromatic amines is 1. The zero-order chi connectivity index (χ0) is 9.97. The van der Waals surface area contributed by atoms with Gasteiger partial charge in [0.25, 0.3) is 0 Å². The van der Waals surface area contributed by atoms with Gasteiger partial charge in [-0.3, -0.25) is 0 Å². The summed E-state index contributed by atoms with van der Waals surface area (Å²) in [5.41, 5.74) is 2.64. The maximum atomic E-state index is 9.12. The van der Waals surface area contributed by atoms with E-state index in [1.807, 2.05) is 37.3 Å². The fourth-order valence-corrected chi connectivity index (χ4v) is 1.49. The SMILES string of the molecule is Cc1nc(-c2ccccc2)c(CO)[nH]1. The molecule has 2 N–H and O–H groups in total. The first kappa shape index (κ1) is 8.97. The Morgan fingerprint density at radius 2 is 2.00 bits per heavy atom. The Labute approximate surface area is 82.4 Å². The molecule has 1 heterocycles. The molecule has 0 aliphatic heterocycles. The maximum Gasteiger partial charge on any atom is 0.103 e. The molecule has 14 heavy (non-hydrogen) atoms. The zero-order valence-corrected chi connectivity index (χ0v) is 7.99. The number of benzene rings is 1. The molecule has 0 aliphatic rings. The van der Waals surface area contributed by atoms with Gasteiger partial charge in [0.1, 0.15) is 5.82 Å². The lowest BCUT2D eigenvalue weighted by molar-refractivity contribution is 0.278. The molecule has 0 fully saturated rings. The lowest BCUT2D eigenvalue weighted by atomic mass is 10.1. The van der Waals surface area contributed by atoms with Crippen LogP contribution in [0.2, 0.25) is 0 Å². The fraction of sp³-hybridized carbons (Fsp3) is 0.182. The van der Waals surface area contributed by atoms with Gasteiger partial charge in [0.15, 0.2) is 0 Å². The molecular formula is C11H12N2O. The molecular weight excluding hydrogens is 176 g/mol. The third-order valence-electron chi connectivity index (χ3n) is 2.10. The van der Waals surface area contributed by atoms with Crippen molar-refractivity contribution in [1.82, 2.24) is 9.97 Å². The van der Waals surface area contributed by atoms with E-state index in [2.05, 4.69) is 9.97 Å². The van der Waals surface area contributed by atoms with E-state index < -0.39 is 0 Å². The molecule has 0 unspecified atom stereocenters. The van der Waals surface area contributed by atoms with Crippen LogP contribution >= 0.6 is 0 Å². The summed E-state index contributed by atoms with van der Waals surface area (Å²) in [6, 6.07) is 9.84. The number of H-pyrrole nitrogens is 1. The van der Waals surface area contributed by atoms with Crippen LogP contribution in [0.1, 0.15) is 11.5 Å². The summed E-state index contributed by atoms with van der Waals surface area (Å²) >= 11 is 0. The number of nitrogens with zero attached hydrogens (tertiary/aromatic N) is 1. The van der Waals surface area contributed by atoms with Crippen LogP contribution in [0.5, 0.6) is 0 Å². The normalized spacial score (nSPS) is 10.4. The summed E-state index contributed by atoms with van der Waals surface area (Å²) in [6.45, 7) is 1.87. The Kier molecular flexibility index (Phi) is 2.33. The first-order valence-electron chi connectivity index (χ1n) is 4.53. The van der Waals surface area contributed by atoms with Crippen LogP contribution in [0.15, 0.2) is 30.3 Å². The summed E-state index contributed by atoms with van der Waals surface area (Å²) in [5.74, 6) is 0.827. The molecule has 0 atom stereocenters. The van der Waals surface area contributed by atoms with Crippen molar-refractivity contribution in [2.24, 2.45) is 0 Å². The van der Waals surface area contributed by atoms with Gasteiger partial charge in [0.2, 0.25) is 0 Å². The van der Waals surface area contributed by atoms with Crippen molar-refractivity contribution < 1.29 is 5.11 Å². The van der Waals surface area contributed by atoms with E-state index in [1.54, 1.807) is 0 Å². The predicted octanol–water partition coefficient (Wildman–Crippen LogP) is 1.88. The van der Waals surface area contributed by atoms with Gasteiger partial charge in [0.05, 0.1) is 18.0 Å². The minimum Gasteiger partial charge on any atom is -0.390 e. The second-order valence-electron chi connectivity index (χ2n) is 3.17. The summed E-state index contributed by atoms with van der Waals surface area (Å²) in [7, 11) is 0. The summed E-state index contributed by atoms with van der Waals surface area (Å²) in [5, 5.41) is 9.12. The number of hydrogen-bond acceptors (Lipinski definition) is 2. The minimum atomic E-state index is -0.00886. The quantitative estimate of drug-likeness (QED) is 0.756. The monoisotopic (exact) mass is 188 g/mol. The number of aryl methyl sites for hydroxylation is 1. The number of nitrogens with one attached hydrogen (secondary N) is 1. The molecule has 0 saturated carbocycles. The Bertz CT molecular complexity index is 420. The van der Waals surface area contributed by atoms with Gasteiger partial charge in [-0.05, 0) is 6.92 Å². The van der Waals surface area contributed by atoms with E-state index in [-0.39, 0.29) is 6.61 Å². The summed E-state index contributed by atoms with van der Waals surface area (Å²) in [4.78, 5) is 7.37. The van der Waals surface area contributed by atoms with E-state index in [1.165, 1.54) is 0 Å². The number of aliphatic hydroxyl groups is 1. The molecule has 0 amide bonds. The largest absolute Gasteiger partial charge is 0.390 e. The first-order valence-corrected chi connectivity index (χ1v) is 4.53. The van der Waals surface area contributed by atoms with Gasteiger partial charge in [-0.25, -0.2) is 4.98 Å². The van der Waals surface area contributed by atoms with Gasteiger partial charge < -0.3 is 10.1 Å². The van der Waals surface area contributed by atoms with Crippen molar-refractivity contribution in [3.63, 3.8) is 0 Å². The Morgan fingerprint density at radius 1 is 1.29 bits per heavy atom. The topological polar surface area (TPSA) is 48.9 Å². The molecule has 0 spiro atoms. The molecule has 2 rings (SSSR count). The highest BCUT2D eigenvalue weighted by atomic mass is 16.3. The van der Waals surface area contributed by atoms with Crippen LogP contribution in [-0.4, -0.2) is 15.1 Å². The summed E-state index contributed by atoms with van der Waals surface area (Å²) in [6.07, 6.45) is 0. The van der Waals surface area contributed by atoms with Crippen LogP contribution in [-0.2, 0) is 6.61 Å². The highest BCUT2D eigenvalue weighted by Crippen LogP contribution is 2.20. The average molecular weight is 188 g/mol. The summed E-state index contributed by atoms with van der Waals surface area (Å²) < 4.78 is 0. The molecule has 3 heteroatoms. The Balaban J connectivity index is 2.51. The van der Waals surface area contributed by atoms with Crippen LogP contribution in [0.4, 0.5) is 0 Å². The third kappa shape index (κ3) is 1.54. The van der Waals surface area contributed by atoms with Gasteiger partial charge in [-0.1, -0.05) is 30.3 Å². The van der Waals surface area contributed by atoms with Crippen molar-refractivity contribution in [3.8, 4) is 11.3 Å².